The Bertz CT molecular complexity index is 1360. The molecule has 9 nitrogen and oxygen atoms in total. The lowest BCUT2D eigenvalue weighted by Crippen LogP contribution is -2.53. The Kier molecular flexibility index (Phi) is 9.61. The number of halogens is 4. The number of ketones is 1. The molecular weight excluding hydrogens is 566 g/mol. The van der Waals surface area contributed by atoms with Gasteiger partial charge in [-0.2, -0.15) is 13.2 Å². The maximum absolute atomic E-state index is 14.0. The fraction of sp³-hybridized carbons (Fsp3) is 0.375. The summed E-state index contributed by atoms with van der Waals surface area (Å²) in [4.78, 5) is 36.6. The van der Waals surface area contributed by atoms with Crippen LogP contribution in [0.2, 0.25) is 0 Å². The zero-order valence-corrected chi connectivity index (χ0v) is 22.1. The van der Waals surface area contributed by atoms with Gasteiger partial charge in [-0.15, -0.1) is 0 Å². The second-order valence-corrected chi connectivity index (χ2v) is 12.4. The predicted molar refractivity (Wildman–Crippen MR) is 132 cm³/mol. The van der Waals surface area contributed by atoms with Gasteiger partial charge < -0.3 is 10.6 Å². The minimum Gasteiger partial charge on any atom is -0.347 e. The Morgan fingerprint density at radius 2 is 1.72 bits per heavy atom. The van der Waals surface area contributed by atoms with Gasteiger partial charge in [-0.1, -0.05) is 18.2 Å². The average Bonchev–Trinajstić information content (AvgIpc) is 3.68. The van der Waals surface area contributed by atoms with E-state index in [4.69, 9.17) is 0 Å². The number of nitrogens with one attached hydrogen (secondary N) is 3. The standard InChI is InChI=1S/C24H25F4N3O6S2/c1-39(36,37)18-4-2-3-17(11-18)38(35)13-19(22(33)29-12-20(32)23(34)30-16-9-10-16)31-21(24(26,27)28)14-5-7-15(25)8-6-14/h2-8,11,16,19,21,31H,9-10,12-13H2,1H3,(H,29,33)(H,30,34). The molecule has 15 heteroatoms. The first-order chi connectivity index (χ1) is 18.1. The number of carbonyl (C=O) groups excluding carboxylic acids is 3. The Morgan fingerprint density at radius 1 is 1.08 bits per heavy atom. The van der Waals surface area contributed by atoms with Crippen LogP contribution in [0.1, 0.15) is 24.4 Å². The summed E-state index contributed by atoms with van der Waals surface area (Å²) in [7, 11) is -5.88. The molecule has 3 rings (SSSR count). The molecule has 1 aliphatic rings. The summed E-state index contributed by atoms with van der Waals surface area (Å²) < 4.78 is 92.1. The lowest BCUT2D eigenvalue weighted by Gasteiger charge is -2.27. The summed E-state index contributed by atoms with van der Waals surface area (Å²) in [6, 6.07) is 3.77. The third-order valence-electron chi connectivity index (χ3n) is 5.62. The van der Waals surface area contributed by atoms with Crippen LogP contribution in [0.25, 0.3) is 0 Å². The minimum absolute atomic E-state index is 0.0669. The van der Waals surface area contributed by atoms with E-state index in [-0.39, 0.29) is 15.8 Å². The van der Waals surface area contributed by atoms with Gasteiger partial charge >= 0.3 is 6.18 Å². The van der Waals surface area contributed by atoms with E-state index in [2.05, 4.69) is 16.0 Å². The van der Waals surface area contributed by atoms with Crippen LogP contribution in [0.4, 0.5) is 17.6 Å². The van der Waals surface area contributed by atoms with Crippen LogP contribution in [-0.4, -0.2) is 67.0 Å². The summed E-state index contributed by atoms with van der Waals surface area (Å²) in [5, 5.41) is 6.61. The molecule has 1 aliphatic carbocycles. The van der Waals surface area contributed by atoms with Crippen molar-refractivity contribution in [3.05, 3.63) is 59.9 Å². The molecule has 2 aromatic rings. The van der Waals surface area contributed by atoms with Gasteiger partial charge in [-0.05, 0) is 48.7 Å². The number of hydrogen-bond donors (Lipinski definition) is 3. The normalized spacial score (nSPS) is 16.1. The summed E-state index contributed by atoms with van der Waals surface area (Å²) in [5.74, 6) is -4.69. The number of sulfone groups is 1. The first kappa shape index (κ1) is 30.4. The van der Waals surface area contributed by atoms with E-state index in [1.165, 1.54) is 18.2 Å². The van der Waals surface area contributed by atoms with Gasteiger partial charge in [0.2, 0.25) is 11.7 Å². The topological polar surface area (TPSA) is 139 Å². The van der Waals surface area contributed by atoms with Crippen molar-refractivity contribution in [2.75, 3.05) is 18.6 Å². The molecule has 1 saturated carbocycles. The van der Waals surface area contributed by atoms with E-state index >= 15 is 0 Å². The van der Waals surface area contributed by atoms with Crippen LogP contribution < -0.4 is 16.0 Å². The maximum atomic E-state index is 14.0. The predicted octanol–water partition coefficient (Wildman–Crippen LogP) is 1.56. The maximum Gasteiger partial charge on any atom is 0.407 e. The van der Waals surface area contributed by atoms with Crippen molar-refractivity contribution >= 4 is 38.2 Å². The molecule has 1 fully saturated rings. The molecule has 0 radical (unpaired) electrons. The molecule has 3 unspecified atom stereocenters. The van der Waals surface area contributed by atoms with Crippen LogP contribution >= 0.6 is 0 Å². The lowest BCUT2D eigenvalue weighted by atomic mass is 10.1. The largest absolute Gasteiger partial charge is 0.407 e. The molecular formula is C24H25F4N3O6S2. The second-order valence-electron chi connectivity index (χ2n) is 8.89. The summed E-state index contributed by atoms with van der Waals surface area (Å²) in [5.41, 5.74) is -0.438. The molecule has 3 N–H and O–H groups in total. The van der Waals surface area contributed by atoms with Crippen molar-refractivity contribution in [2.45, 2.75) is 46.9 Å². The van der Waals surface area contributed by atoms with E-state index in [0.29, 0.717) is 12.8 Å². The highest BCUT2D eigenvalue weighted by atomic mass is 32.2. The van der Waals surface area contributed by atoms with Gasteiger partial charge in [0, 0.05) is 17.2 Å². The highest BCUT2D eigenvalue weighted by Gasteiger charge is 2.43. The molecule has 39 heavy (non-hydrogen) atoms. The van der Waals surface area contributed by atoms with E-state index < -0.39 is 80.2 Å². The fourth-order valence-electron chi connectivity index (χ4n) is 3.39. The van der Waals surface area contributed by atoms with Gasteiger partial charge in [-0.3, -0.25) is 23.9 Å². The van der Waals surface area contributed by atoms with Gasteiger partial charge in [0.15, 0.2) is 9.84 Å². The minimum atomic E-state index is -4.98. The Morgan fingerprint density at radius 3 is 2.28 bits per heavy atom. The molecule has 0 bridgehead atoms. The van der Waals surface area contributed by atoms with E-state index in [0.717, 1.165) is 36.6 Å². The van der Waals surface area contributed by atoms with Crippen molar-refractivity contribution < 1.29 is 44.6 Å². The van der Waals surface area contributed by atoms with E-state index in [1.54, 1.807) is 0 Å². The van der Waals surface area contributed by atoms with Crippen LogP contribution in [-0.2, 0) is 35.0 Å². The molecule has 0 heterocycles. The van der Waals surface area contributed by atoms with Gasteiger partial charge in [-0.25, -0.2) is 12.8 Å². The number of rotatable bonds is 12. The summed E-state index contributed by atoms with van der Waals surface area (Å²) in [6.07, 6.45) is -2.66. The van der Waals surface area contributed by atoms with Crippen LogP contribution in [0, 0.1) is 5.82 Å². The first-order valence-electron chi connectivity index (χ1n) is 11.5. The van der Waals surface area contributed by atoms with E-state index in [9.17, 15) is 44.6 Å². The molecule has 0 aliphatic heterocycles. The molecule has 2 aromatic carbocycles. The lowest BCUT2D eigenvalue weighted by molar-refractivity contribution is -0.160. The second kappa shape index (κ2) is 12.3. The third-order valence-corrected chi connectivity index (χ3v) is 8.14. The number of carbonyl (C=O) groups is 3. The highest BCUT2D eigenvalue weighted by molar-refractivity contribution is 7.90. The first-order valence-corrected chi connectivity index (χ1v) is 14.7. The Hall–Kier alpha value is -3.17. The highest BCUT2D eigenvalue weighted by Crippen LogP contribution is 2.33. The number of hydrogen-bond acceptors (Lipinski definition) is 7. The smallest absolute Gasteiger partial charge is 0.347 e. The van der Waals surface area contributed by atoms with Crippen molar-refractivity contribution in [3.8, 4) is 0 Å². The van der Waals surface area contributed by atoms with Gasteiger partial charge in [0.1, 0.15) is 11.9 Å². The summed E-state index contributed by atoms with van der Waals surface area (Å²) in [6.45, 7) is -0.820. The van der Waals surface area contributed by atoms with Crippen LogP contribution in [0.3, 0.4) is 0 Å². The van der Waals surface area contributed by atoms with Gasteiger partial charge in [0.25, 0.3) is 5.91 Å². The van der Waals surface area contributed by atoms with E-state index in [1.807, 2.05) is 0 Å². The Balaban J connectivity index is 1.85. The zero-order valence-electron chi connectivity index (χ0n) is 20.5. The fourth-order valence-corrected chi connectivity index (χ4v) is 5.37. The Labute approximate surface area is 224 Å². The number of amides is 2. The van der Waals surface area contributed by atoms with Crippen molar-refractivity contribution in [1.29, 1.82) is 0 Å². The van der Waals surface area contributed by atoms with Crippen molar-refractivity contribution in [3.63, 3.8) is 0 Å². The van der Waals surface area contributed by atoms with Crippen molar-refractivity contribution in [2.24, 2.45) is 0 Å². The zero-order chi connectivity index (χ0) is 29.0. The number of Topliss-reactive ketones (excluding diaryl/α,β-unsaturated/α-hetero) is 1. The SMILES string of the molecule is CS(=O)(=O)c1cccc(S(=O)CC(NC(c2ccc(F)cc2)C(F)(F)F)C(=O)NCC(=O)C(=O)NC2CC2)c1. The molecule has 0 aromatic heterocycles. The molecule has 0 spiro atoms. The molecule has 3 atom stereocenters. The van der Waals surface area contributed by atoms with Crippen molar-refractivity contribution in [1.82, 2.24) is 16.0 Å². The summed E-state index contributed by atoms with van der Waals surface area (Å²) >= 11 is 0. The monoisotopic (exact) mass is 591 g/mol. The molecule has 0 saturated heterocycles. The van der Waals surface area contributed by atoms with Gasteiger partial charge in [0.05, 0.1) is 34.0 Å². The number of benzene rings is 2. The molecule has 2 amide bonds. The number of alkyl halides is 3. The van der Waals surface area contributed by atoms with Crippen LogP contribution in [0.15, 0.2) is 58.3 Å². The van der Waals surface area contributed by atoms with Crippen LogP contribution in [0.5, 0.6) is 0 Å². The average molecular weight is 592 g/mol. The molecule has 212 valence electrons. The quantitative estimate of drug-likeness (QED) is 0.252. The third kappa shape index (κ3) is 8.93.